The van der Waals surface area contributed by atoms with E-state index < -0.39 is 9.84 Å². The fourth-order valence-corrected chi connectivity index (χ4v) is 2.94. The lowest BCUT2D eigenvalue weighted by Gasteiger charge is -2.06. The fraction of sp³-hybridized carbons (Fsp3) is 0.400. The van der Waals surface area contributed by atoms with E-state index in [4.69, 9.17) is 27.9 Å². The van der Waals surface area contributed by atoms with Crippen molar-refractivity contribution in [2.45, 2.75) is 4.90 Å². The molecule has 0 aromatic heterocycles. The van der Waals surface area contributed by atoms with Crippen LogP contribution < -0.4 is 0 Å². The Bertz CT molecular complexity index is 431. The highest BCUT2D eigenvalue weighted by Gasteiger charge is 2.16. The Morgan fingerprint density at radius 3 is 2.50 bits per heavy atom. The molecule has 0 unspecified atom stereocenters. The average Bonchev–Trinajstić information content (AvgIpc) is 2.25. The third-order valence-electron chi connectivity index (χ3n) is 1.89. The smallest absolute Gasteiger partial charge is 0.182 e. The van der Waals surface area contributed by atoms with Crippen LogP contribution in [-0.4, -0.2) is 33.3 Å². The largest absolute Gasteiger partial charge is 0.379 e. The van der Waals surface area contributed by atoms with Gasteiger partial charge in [-0.15, -0.1) is 11.6 Å². The second-order valence-corrected chi connectivity index (χ2v) is 5.91. The maximum atomic E-state index is 11.8. The summed E-state index contributed by atoms with van der Waals surface area (Å²) in [5, 5.41) is 0.236. The average molecular weight is 283 g/mol. The molecule has 0 spiro atoms. The SMILES string of the molecule is O=S(=O)(CCOCCCl)c1ccccc1Cl. The van der Waals surface area contributed by atoms with Crippen LogP contribution in [0.1, 0.15) is 0 Å². The standard InChI is InChI=1S/C10H12Cl2O3S/c11-5-6-15-7-8-16(13,14)10-4-2-1-3-9(10)12/h1-4H,5-8H2. The molecule has 0 aliphatic carbocycles. The third-order valence-corrected chi connectivity index (χ3v) is 4.22. The summed E-state index contributed by atoms with van der Waals surface area (Å²) in [5.74, 6) is 0.264. The zero-order valence-corrected chi connectivity index (χ0v) is 10.9. The molecule has 1 aromatic rings. The third kappa shape index (κ3) is 3.94. The van der Waals surface area contributed by atoms with Crippen molar-refractivity contribution in [1.82, 2.24) is 0 Å². The molecule has 0 amide bonds. The van der Waals surface area contributed by atoms with Gasteiger partial charge in [0.25, 0.3) is 0 Å². The molecule has 0 bridgehead atoms. The van der Waals surface area contributed by atoms with Crippen LogP contribution in [0.5, 0.6) is 0 Å². The number of ether oxygens (including phenoxy) is 1. The molecule has 90 valence electrons. The Balaban J connectivity index is 2.68. The highest BCUT2D eigenvalue weighted by Crippen LogP contribution is 2.21. The molecule has 0 aliphatic rings. The van der Waals surface area contributed by atoms with E-state index in [1.807, 2.05) is 0 Å². The van der Waals surface area contributed by atoms with Crippen molar-refractivity contribution in [1.29, 1.82) is 0 Å². The molecule has 0 saturated heterocycles. The van der Waals surface area contributed by atoms with Crippen molar-refractivity contribution in [2.24, 2.45) is 0 Å². The molecule has 1 aromatic carbocycles. The molecular formula is C10H12Cl2O3S. The van der Waals surface area contributed by atoms with E-state index in [2.05, 4.69) is 0 Å². The molecule has 0 radical (unpaired) electrons. The van der Waals surface area contributed by atoms with E-state index in [0.29, 0.717) is 12.5 Å². The lowest BCUT2D eigenvalue weighted by atomic mass is 10.4. The molecule has 0 fully saturated rings. The first-order valence-corrected chi connectivity index (χ1v) is 7.25. The summed E-state index contributed by atoms with van der Waals surface area (Å²) in [6.07, 6.45) is 0. The number of hydrogen-bond donors (Lipinski definition) is 0. The first-order valence-electron chi connectivity index (χ1n) is 4.69. The Labute approximate surface area is 105 Å². The second kappa shape index (κ2) is 6.45. The predicted molar refractivity (Wildman–Crippen MR) is 65.0 cm³/mol. The molecule has 16 heavy (non-hydrogen) atoms. The van der Waals surface area contributed by atoms with E-state index in [-0.39, 0.29) is 22.3 Å². The van der Waals surface area contributed by atoms with Gasteiger partial charge in [-0.3, -0.25) is 0 Å². The van der Waals surface area contributed by atoms with Crippen LogP contribution in [0, 0.1) is 0 Å². The van der Waals surface area contributed by atoms with Crippen LogP contribution in [0.2, 0.25) is 5.02 Å². The minimum atomic E-state index is -3.37. The Kier molecular flexibility index (Phi) is 5.55. The summed E-state index contributed by atoms with van der Waals surface area (Å²) in [7, 11) is -3.37. The van der Waals surface area contributed by atoms with Crippen molar-refractivity contribution in [3.63, 3.8) is 0 Å². The first-order chi connectivity index (χ1) is 7.58. The molecule has 0 N–H and O–H groups in total. The van der Waals surface area contributed by atoms with Gasteiger partial charge in [0.15, 0.2) is 9.84 Å². The number of alkyl halides is 1. The van der Waals surface area contributed by atoms with Gasteiger partial charge in [0, 0.05) is 5.88 Å². The topological polar surface area (TPSA) is 43.4 Å². The van der Waals surface area contributed by atoms with E-state index in [0.717, 1.165) is 0 Å². The molecular weight excluding hydrogens is 271 g/mol. The highest BCUT2D eigenvalue weighted by molar-refractivity contribution is 7.91. The number of benzene rings is 1. The fourth-order valence-electron chi connectivity index (χ4n) is 1.13. The van der Waals surface area contributed by atoms with Crippen LogP contribution in [0.3, 0.4) is 0 Å². The predicted octanol–water partition coefficient (Wildman–Crippen LogP) is 2.37. The van der Waals surface area contributed by atoms with Gasteiger partial charge in [-0.05, 0) is 12.1 Å². The Morgan fingerprint density at radius 1 is 1.19 bits per heavy atom. The maximum absolute atomic E-state index is 11.8. The lowest BCUT2D eigenvalue weighted by molar-refractivity contribution is 0.165. The van der Waals surface area contributed by atoms with Crippen molar-refractivity contribution in [2.75, 3.05) is 24.8 Å². The minimum Gasteiger partial charge on any atom is -0.379 e. The molecule has 0 saturated carbocycles. The first kappa shape index (κ1) is 13.8. The van der Waals surface area contributed by atoms with Gasteiger partial charge in [-0.1, -0.05) is 23.7 Å². The maximum Gasteiger partial charge on any atom is 0.182 e. The van der Waals surface area contributed by atoms with Gasteiger partial charge in [-0.2, -0.15) is 0 Å². The molecule has 0 atom stereocenters. The molecule has 0 heterocycles. The number of hydrogen-bond acceptors (Lipinski definition) is 3. The minimum absolute atomic E-state index is 0.0897. The lowest BCUT2D eigenvalue weighted by Crippen LogP contribution is -2.13. The quantitative estimate of drug-likeness (QED) is 0.594. The van der Waals surface area contributed by atoms with Gasteiger partial charge < -0.3 is 4.74 Å². The van der Waals surface area contributed by atoms with Crippen LogP contribution in [-0.2, 0) is 14.6 Å². The molecule has 1 rings (SSSR count). The Morgan fingerprint density at radius 2 is 1.88 bits per heavy atom. The normalized spacial score (nSPS) is 11.6. The van der Waals surface area contributed by atoms with Gasteiger partial charge in [0.1, 0.15) is 0 Å². The monoisotopic (exact) mass is 282 g/mol. The van der Waals surface area contributed by atoms with Crippen LogP contribution >= 0.6 is 23.2 Å². The summed E-state index contributed by atoms with van der Waals surface area (Å²) >= 11 is 11.2. The zero-order chi connectivity index (χ0) is 12.0. The summed E-state index contributed by atoms with van der Waals surface area (Å²) in [6, 6.07) is 6.36. The van der Waals surface area contributed by atoms with Crippen molar-refractivity contribution < 1.29 is 13.2 Å². The van der Waals surface area contributed by atoms with E-state index >= 15 is 0 Å². The van der Waals surface area contributed by atoms with Crippen molar-refractivity contribution in [3.8, 4) is 0 Å². The summed E-state index contributed by atoms with van der Waals surface area (Å²) in [6.45, 7) is 0.472. The van der Waals surface area contributed by atoms with Gasteiger partial charge in [0.2, 0.25) is 0 Å². The summed E-state index contributed by atoms with van der Waals surface area (Å²) in [4.78, 5) is 0.145. The zero-order valence-electron chi connectivity index (χ0n) is 8.53. The number of rotatable bonds is 6. The van der Waals surface area contributed by atoms with Crippen LogP contribution in [0.15, 0.2) is 29.2 Å². The number of sulfone groups is 1. The van der Waals surface area contributed by atoms with E-state index in [1.54, 1.807) is 18.2 Å². The molecule has 6 heteroatoms. The summed E-state index contributed by atoms with van der Waals surface area (Å²) < 4.78 is 28.7. The molecule has 0 aliphatic heterocycles. The van der Waals surface area contributed by atoms with Crippen molar-refractivity contribution >= 4 is 33.0 Å². The molecule has 3 nitrogen and oxygen atoms in total. The second-order valence-electron chi connectivity index (χ2n) is 3.05. The highest BCUT2D eigenvalue weighted by atomic mass is 35.5. The van der Waals surface area contributed by atoms with Crippen molar-refractivity contribution in [3.05, 3.63) is 29.3 Å². The van der Waals surface area contributed by atoms with Gasteiger partial charge in [-0.25, -0.2) is 8.42 Å². The summed E-state index contributed by atoms with van der Waals surface area (Å²) in [5.41, 5.74) is 0. The number of halogens is 2. The van der Waals surface area contributed by atoms with Gasteiger partial charge >= 0.3 is 0 Å². The van der Waals surface area contributed by atoms with E-state index in [9.17, 15) is 8.42 Å². The van der Waals surface area contributed by atoms with E-state index in [1.165, 1.54) is 6.07 Å². The van der Waals surface area contributed by atoms with Gasteiger partial charge in [0.05, 0.1) is 28.9 Å². The Hall–Kier alpha value is -0.290. The van der Waals surface area contributed by atoms with Crippen LogP contribution in [0.4, 0.5) is 0 Å². The van der Waals surface area contributed by atoms with Crippen LogP contribution in [0.25, 0.3) is 0 Å².